The Morgan fingerprint density at radius 1 is 1.19 bits per heavy atom. The van der Waals surface area contributed by atoms with Crippen LogP contribution in [0.3, 0.4) is 0 Å². The summed E-state index contributed by atoms with van der Waals surface area (Å²) in [7, 11) is 0. The van der Waals surface area contributed by atoms with Gasteiger partial charge in [-0.1, -0.05) is 30.2 Å². The fraction of sp³-hybridized carbons (Fsp3) is 0.550. The molecule has 2 aliphatic rings. The van der Waals surface area contributed by atoms with E-state index >= 15 is 0 Å². The van der Waals surface area contributed by atoms with Gasteiger partial charge in [0.15, 0.2) is 6.61 Å². The smallest absolute Gasteiger partial charge is 0.309 e. The van der Waals surface area contributed by atoms with E-state index in [1.807, 2.05) is 19.1 Å². The monoisotopic (exact) mass is 377 g/mol. The molecule has 0 aliphatic heterocycles. The number of halogens is 1. The first-order chi connectivity index (χ1) is 12.4. The molecule has 1 amide bonds. The lowest BCUT2D eigenvalue weighted by Crippen LogP contribution is -2.40. The van der Waals surface area contributed by atoms with Gasteiger partial charge in [-0.2, -0.15) is 0 Å². The van der Waals surface area contributed by atoms with Crippen LogP contribution >= 0.6 is 11.6 Å². The standard InChI is InChI=1S/C20H24ClNO4/c1-12(13-5-7-17(21)8-6-13)22-18(23)11-26-20(25)16-9-14-3-2-4-15(10-16)19(14)24/h5-8,12,14-16H,2-4,9-11H2,1H3,(H,22,23)/t12-,14-,15+,16?/m0/s1. The van der Waals surface area contributed by atoms with Gasteiger partial charge in [-0.05, 0) is 50.3 Å². The van der Waals surface area contributed by atoms with Crippen molar-refractivity contribution in [3.05, 3.63) is 34.9 Å². The van der Waals surface area contributed by atoms with Crippen LogP contribution in [0.25, 0.3) is 0 Å². The first kappa shape index (κ1) is 18.9. The van der Waals surface area contributed by atoms with E-state index in [-0.39, 0.29) is 42.3 Å². The number of hydrogen-bond acceptors (Lipinski definition) is 4. The molecule has 0 heterocycles. The second-order valence-electron chi connectivity index (χ2n) is 7.34. The van der Waals surface area contributed by atoms with Crippen LogP contribution in [0.4, 0.5) is 0 Å². The van der Waals surface area contributed by atoms with Crippen molar-refractivity contribution in [2.75, 3.05) is 6.61 Å². The summed E-state index contributed by atoms with van der Waals surface area (Å²) in [5.74, 6) is -0.645. The molecule has 2 aliphatic carbocycles. The van der Waals surface area contributed by atoms with E-state index in [1.54, 1.807) is 12.1 Å². The fourth-order valence-electron chi connectivity index (χ4n) is 4.04. The number of ether oxygens (including phenoxy) is 1. The van der Waals surface area contributed by atoms with Crippen LogP contribution in [0.1, 0.15) is 50.6 Å². The average Bonchev–Trinajstić information content (AvgIpc) is 2.60. The summed E-state index contributed by atoms with van der Waals surface area (Å²) in [6, 6.07) is 7.01. The van der Waals surface area contributed by atoms with Crippen molar-refractivity contribution in [1.82, 2.24) is 5.32 Å². The highest BCUT2D eigenvalue weighted by atomic mass is 35.5. The molecule has 2 fully saturated rings. The normalized spacial score (nSPS) is 26.1. The molecule has 1 aromatic carbocycles. The van der Waals surface area contributed by atoms with E-state index in [1.165, 1.54) is 0 Å². The maximum atomic E-state index is 12.3. The molecule has 1 N–H and O–H groups in total. The van der Waals surface area contributed by atoms with Crippen LogP contribution in [0.2, 0.25) is 5.02 Å². The molecule has 140 valence electrons. The third-order valence-corrected chi connectivity index (χ3v) is 5.73. The predicted molar refractivity (Wildman–Crippen MR) is 97.5 cm³/mol. The molecule has 0 aromatic heterocycles. The zero-order valence-electron chi connectivity index (χ0n) is 14.9. The summed E-state index contributed by atoms with van der Waals surface area (Å²) in [6.45, 7) is 1.56. The minimum absolute atomic E-state index is 0.00111. The molecule has 26 heavy (non-hydrogen) atoms. The molecule has 6 heteroatoms. The minimum atomic E-state index is -0.358. The summed E-state index contributed by atoms with van der Waals surface area (Å²) >= 11 is 5.86. The number of carbonyl (C=O) groups is 3. The molecular formula is C20H24ClNO4. The lowest BCUT2D eigenvalue weighted by Gasteiger charge is -2.36. The van der Waals surface area contributed by atoms with E-state index in [0.29, 0.717) is 23.6 Å². The van der Waals surface area contributed by atoms with E-state index < -0.39 is 0 Å². The number of Topliss-reactive ketones (excluding diaryl/α,β-unsaturated/α-hetero) is 1. The molecule has 1 unspecified atom stereocenters. The molecule has 0 saturated heterocycles. The van der Waals surface area contributed by atoms with Gasteiger partial charge in [-0.15, -0.1) is 0 Å². The predicted octanol–water partition coefficient (Wildman–Crippen LogP) is 3.46. The Balaban J connectivity index is 1.46. The zero-order valence-corrected chi connectivity index (χ0v) is 15.6. The van der Waals surface area contributed by atoms with Gasteiger partial charge in [0, 0.05) is 16.9 Å². The number of hydrogen-bond donors (Lipinski definition) is 1. The number of carbonyl (C=O) groups excluding carboxylic acids is 3. The molecule has 4 atom stereocenters. The number of ketones is 1. The van der Waals surface area contributed by atoms with Crippen molar-refractivity contribution < 1.29 is 19.1 Å². The largest absolute Gasteiger partial charge is 0.455 e. The first-order valence-electron chi connectivity index (χ1n) is 9.19. The van der Waals surface area contributed by atoms with Crippen LogP contribution < -0.4 is 5.32 Å². The number of rotatable bonds is 5. The van der Waals surface area contributed by atoms with Crippen LogP contribution in [0.15, 0.2) is 24.3 Å². The van der Waals surface area contributed by atoms with Gasteiger partial charge in [0.1, 0.15) is 5.78 Å². The van der Waals surface area contributed by atoms with Crippen molar-refractivity contribution in [2.24, 2.45) is 17.8 Å². The topological polar surface area (TPSA) is 72.5 Å². The fourth-order valence-corrected chi connectivity index (χ4v) is 4.17. The third kappa shape index (κ3) is 4.44. The molecule has 2 saturated carbocycles. The van der Waals surface area contributed by atoms with Gasteiger partial charge in [0.2, 0.25) is 0 Å². The lowest BCUT2D eigenvalue weighted by molar-refractivity contribution is -0.156. The summed E-state index contributed by atoms with van der Waals surface area (Å²) in [6.07, 6.45) is 3.94. The molecule has 0 radical (unpaired) electrons. The van der Waals surface area contributed by atoms with Crippen LogP contribution in [0.5, 0.6) is 0 Å². The number of amides is 1. The Hall–Kier alpha value is -1.88. The van der Waals surface area contributed by atoms with Gasteiger partial charge < -0.3 is 10.1 Å². The van der Waals surface area contributed by atoms with Crippen molar-refractivity contribution in [2.45, 2.75) is 45.1 Å². The van der Waals surface area contributed by atoms with Crippen LogP contribution in [-0.4, -0.2) is 24.3 Å². The van der Waals surface area contributed by atoms with Crippen molar-refractivity contribution >= 4 is 29.3 Å². The quantitative estimate of drug-likeness (QED) is 0.797. The number of benzene rings is 1. The molecular weight excluding hydrogens is 354 g/mol. The molecule has 3 rings (SSSR count). The van der Waals surface area contributed by atoms with Gasteiger partial charge in [-0.3, -0.25) is 14.4 Å². The highest BCUT2D eigenvalue weighted by molar-refractivity contribution is 6.30. The second kappa shape index (κ2) is 8.21. The molecule has 1 aromatic rings. The Kier molecular flexibility index (Phi) is 5.97. The van der Waals surface area contributed by atoms with E-state index in [9.17, 15) is 14.4 Å². The molecule has 0 spiro atoms. The van der Waals surface area contributed by atoms with Gasteiger partial charge >= 0.3 is 5.97 Å². The number of fused-ring (bicyclic) bond motifs is 2. The Morgan fingerprint density at radius 2 is 1.81 bits per heavy atom. The summed E-state index contributed by atoms with van der Waals surface area (Å²) in [4.78, 5) is 36.5. The van der Waals surface area contributed by atoms with E-state index in [0.717, 1.165) is 24.8 Å². The minimum Gasteiger partial charge on any atom is -0.455 e. The van der Waals surface area contributed by atoms with Crippen LogP contribution in [0, 0.1) is 17.8 Å². The number of esters is 1. The zero-order chi connectivity index (χ0) is 18.7. The van der Waals surface area contributed by atoms with Crippen LogP contribution in [-0.2, 0) is 19.1 Å². The van der Waals surface area contributed by atoms with Crippen molar-refractivity contribution in [1.29, 1.82) is 0 Å². The van der Waals surface area contributed by atoms with E-state index in [4.69, 9.17) is 16.3 Å². The highest BCUT2D eigenvalue weighted by Gasteiger charge is 2.41. The van der Waals surface area contributed by atoms with Gasteiger partial charge in [0.05, 0.1) is 12.0 Å². The van der Waals surface area contributed by atoms with E-state index in [2.05, 4.69) is 5.32 Å². The third-order valence-electron chi connectivity index (χ3n) is 5.47. The maximum Gasteiger partial charge on any atom is 0.309 e. The maximum absolute atomic E-state index is 12.3. The van der Waals surface area contributed by atoms with Crippen molar-refractivity contribution in [3.8, 4) is 0 Å². The van der Waals surface area contributed by atoms with Crippen molar-refractivity contribution in [3.63, 3.8) is 0 Å². The SMILES string of the molecule is C[C@H](NC(=O)COC(=O)C1C[C@H]2CCC[C@@H](C1)C2=O)c1ccc(Cl)cc1. The Labute approximate surface area is 158 Å². The Morgan fingerprint density at radius 3 is 2.42 bits per heavy atom. The lowest BCUT2D eigenvalue weighted by atomic mass is 9.67. The Bertz CT molecular complexity index is 672. The highest BCUT2D eigenvalue weighted by Crippen LogP contribution is 2.40. The second-order valence-corrected chi connectivity index (χ2v) is 7.78. The van der Waals surface area contributed by atoms with Gasteiger partial charge in [-0.25, -0.2) is 0 Å². The summed E-state index contributed by atoms with van der Waals surface area (Å²) in [5, 5.41) is 3.44. The molecule has 2 bridgehead atoms. The average molecular weight is 378 g/mol. The van der Waals surface area contributed by atoms with Gasteiger partial charge in [0.25, 0.3) is 5.91 Å². The molecule has 5 nitrogen and oxygen atoms in total. The summed E-state index contributed by atoms with van der Waals surface area (Å²) < 4.78 is 5.22. The first-order valence-corrected chi connectivity index (χ1v) is 9.57. The number of nitrogens with one attached hydrogen (secondary N) is 1. The summed E-state index contributed by atoms with van der Waals surface area (Å²) in [5.41, 5.74) is 0.924.